The minimum absolute atomic E-state index is 0.0487. The summed E-state index contributed by atoms with van der Waals surface area (Å²) in [6, 6.07) is 9.20. The number of carbonyl (C=O) groups is 1. The number of carbonyl (C=O) groups excluding carboxylic acids is 1. The molecule has 0 aliphatic heterocycles. The zero-order valence-electron chi connectivity index (χ0n) is 11.1. The molecule has 6 heteroatoms. The number of halogens is 2. The van der Waals surface area contributed by atoms with Crippen LogP contribution < -0.4 is 10.6 Å². The molecular weight excluding hydrogens is 278 g/mol. The molecule has 21 heavy (non-hydrogen) atoms. The lowest BCUT2D eigenvalue weighted by molar-refractivity contribution is 0.262. The maximum atomic E-state index is 13.4. The Bertz CT molecular complexity index is 647. The van der Waals surface area contributed by atoms with Gasteiger partial charge in [0.05, 0.1) is 5.69 Å². The molecule has 2 aromatic rings. The Hall–Kier alpha value is -2.47. The first-order valence-electron chi connectivity index (χ1n) is 6.32. The van der Waals surface area contributed by atoms with E-state index in [0.29, 0.717) is 18.2 Å². The standard InChI is InChI=1S/C15H14F2N2O2/c16-11-5-6-14(12(17)9-11)19-15(21)18-13-4-2-1-3-10(13)7-8-20/h1-6,9,20H,7-8H2,(H2,18,19,21). The van der Waals surface area contributed by atoms with Crippen molar-refractivity contribution < 1.29 is 18.7 Å². The highest BCUT2D eigenvalue weighted by Crippen LogP contribution is 2.18. The summed E-state index contributed by atoms with van der Waals surface area (Å²) in [5.74, 6) is -1.57. The molecule has 4 nitrogen and oxygen atoms in total. The van der Waals surface area contributed by atoms with E-state index in [1.165, 1.54) is 0 Å². The van der Waals surface area contributed by atoms with Crippen molar-refractivity contribution in [2.45, 2.75) is 6.42 Å². The fourth-order valence-electron chi connectivity index (χ4n) is 1.85. The summed E-state index contributed by atoms with van der Waals surface area (Å²) < 4.78 is 26.2. The van der Waals surface area contributed by atoms with Crippen LogP contribution in [0.4, 0.5) is 25.0 Å². The van der Waals surface area contributed by atoms with Gasteiger partial charge in [-0.05, 0) is 30.2 Å². The molecule has 0 radical (unpaired) electrons. The summed E-state index contributed by atoms with van der Waals surface area (Å²) in [5, 5.41) is 13.8. The van der Waals surface area contributed by atoms with Crippen molar-refractivity contribution >= 4 is 17.4 Å². The first-order valence-corrected chi connectivity index (χ1v) is 6.32. The highest BCUT2D eigenvalue weighted by molar-refractivity contribution is 6.00. The Labute approximate surface area is 120 Å². The molecule has 0 aliphatic carbocycles. The van der Waals surface area contributed by atoms with E-state index in [2.05, 4.69) is 10.6 Å². The number of nitrogens with one attached hydrogen (secondary N) is 2. The smallest absolute Gasteiger partial charge is 0.323 e. The number of anilines is 2. The van der Waals surface area contributed by atoms with E-state index in [0.717, 1.165) is 17.7 Å². The molecule has 0 atom stereocenters. The van der Waals surface area contributed by atoms with Crippen LogP contribution >= 0.6 is 0 Å². The molecule has 0 aromatic heterocycles. The normalized spacial score (nSPS) is 10.2. The summed E-state index contributed by atoms with van der Waals surface area (Å²) in [4.78, 5) is 11.8. The molecule has 2 amide bonds. The highest BCUT2D eigenvalue weighted by atomic mass is 19.1. The number of hydrogen-bond acceptors (Lipinski definition) is 2. The number of hydrogen-bond donors (Lipinski definition) is 3. The third-order valence-electron chi connectivity index (χ3n) is 2.83. The number of rotatable bonds is 4. The molecule has 0 saturated carbocycles. The summed E-state index contributed by atoms with van der Waals surface area (Å²) >= 11 is 0. The van der Waals surface area contributed by atoms with Gasteiger partial charge in [-0.1, -0.05) is 18.2 Å². The van der Waals surface area contributed by atoms with Crippen molar-refractivity contribution in [2.24, 2.45) is 0 Å². The predicted molar refractivity (Wildman–Crippen MR) is 76.2 cm³/mol. The predicted octanol–water partition coefficient (Wildman–Crippen LogP) is 3.14. The first kappa shape index (κ1) is 14.9. The van der Waals surface area contributed by atoms with Gasteiger partial charge in [0.15, 0.2) is 0 Å². The van der Waals surface area contributed by atoms with Crippen LogP contribution in [0.5, 0.6) is 0 Å². The fourth-order valence-corrected chi connectivity index (χ4v) is 1.85. The summed E-state index contributed by atoms with van der Waals surface area (Å²) in [6.07, 6.45) is 0.390. The van der Waals surface area contributed by atoms with Crippen molar-refractivity contribution in [3.63, 3.8) is 0 Å². The van der Waals surface area contributed by atoms with Gasteiger partial charge in [0.1, 0.15) is 11.6 Å². The van der Waals surface area contributed by atoms with Crippen LogP contribution in [0.1, 0.15) is 5.56 Å². The Kier molecular flexibility index (Phi) is 4.84. The largest absolute Gasteiger partial charge is 0.396 e. The Morgan fingerprint density at radius 2 is 1.76 bits per heavy atom. The average Bonchev–Trinajstić information content (AvgIpc) is 2.44. The minimum Gasteiger partial charge on any atom is -0.396 e. The van der Waals surface area contributed by atoms with E-state index in [1.54, 1.807) is 24.3 Å². The molecule has 2 rings (SSSR count). The zero-order valence-corrected chi connectivity index (χ0v) is 11.1. The average molecular weight is 292 g/mol. The lowest BCUT2D eigenvalue weighted by Crippen LogP contribution is -2.21. The van der Waals surface area contributed by atoms with Gasteiger partial charge in [0.2, 0.25) is 0 Å². The monoisotopic (exact) mass is 292 g/mol. The Morgan fingerprint density at radius 1 is 1.05 bits per heavy atom. The van der Waals surface area contributed by atoms with Gasteiger partial charge in [0.25, 0.3) is 0 Å². The molecule has 0 heterocycles. The van der Waals surface area contributed by atoms with Crippen LogP contribution in [0.3, 0.4) is 0 Å². The molecule has 0 aliphatic rings. The van der Waals surface area contributed by atoms with Crippen molar-refractivity contribution in [3.05, 3.63) is 59.7 Å². The number of aliphatic hydroxyl groups excluding tert-OH is 1. The van der Waals surface area contributed by atoms with Crippen molar-refractivity contribution in [1.29, 1.82) is 0 Å². The van der Waals surface area contributed by atoms with Crippen LogP contribution in [0.15, 0.2) is 42.5 Å². The zero-order chi connectivity index (χ0) is 15.2. The van der Waals surface area contributed by atoms with Crippen LogP contribution in [0.25, 0.3) is 0 Å². The molecule has 2 aromatic carbocycles. The third-order valence-corrected chi connectivity index (χ3v) is 2.83. The van der Waals surface area contributed by atoms with E-state index < -0.39 is 17.7 Å². The summed E-state index contributed by atoms with van der Waals surface area (Å²) in [7, 11) is 0. The molecule has 0 fully saturated rings. The van der Waals surface area contributed by atoms with Crippen molar-refractivity contribution in [1.82, 2.24) is 0 Å². The van der Waals surface area contributed by atoms with Crippen molar-refractivity contribution in [2.75, 3.05) is 17.2 Å². The maximum Gasteiger partial charge on any atom is 0.323 e. The second kappa shape index (κ2) is 6.81. The van der Waals surface area contributed by atoms with E-state index in [4.69, 9.17) is 5.11 Å². The number of urea groups is 1. The highest BCUT2D eigenvalue weighted by Gasteiger charge is 2.09. The minimum atomic E-state index is -0.853. The quantitative estimate of drug-likeness (QED) is 0.810. The number of benzene rings is 2. The molecule has 0 saturated heterocycles. The number of para-hydroxylation sites is 1. The van der Waals surface area contributed by atoms with Gasteiger partial charge in [-0.2, -0.15) is 0 Å². The number of amides is 2. The third kappa shape index (κ3) is 4.00. The second-order valence-corrected chi connectivity index (χ2v) is 4.33. The second-order valence-electron chi connectivity index (χ2n) is 4.33. The van der Waals surface area contributed by atoms with Crippen LogP contribution in [0.2, 0.25) is 0 Å². The van der Waals surface area contributed by atoms with E-state index in [1.807, 2.05) is 0 Å². The van der Waals surface area contributed by atoms with E-state index in [9.17, 15) is 13.6 Å². The molecule has 0 unspecified atom stereocenters. The van der Waals surface area contributed by atoms with Gasteiger partial charge in [-0.3, -0.25) is 0 Å². The van der Waals surface area contributed by atoms with Gasteiger partial charge in [0, 0.05) is 18.4 Å². The van der Waals surface area contributed by atoms with Crippen LogP contribution in [0, 0.1) is 11.6 Å². The lowest BCUT2D eigenvalue weighted by Gasteiger charge is -2.11. The Balaban J connectivity index is 2.08. The number of aliphatic hydroxyl groups is 1. The molecule has 0 bridgehead atoms. The molecule has 110 valence electrons. The summed E-state index contributed by atoms with van der Waals surface area (Å²) in [6.45, 7) is -0.0487. The molecule has 0 spiro atoms. The van der Waals surface area contributed by atoms with E-state index >= 15 is 0 Å². The topological polar surface area (TPSA) is 61.4 Å². The van der Waals surface area contributed by atoms with Gasteiger partial charge < -0.3 is 15.7 Å². The SMILES string of the molecule is O=C(Nc1ccc(F)cc1F)Nc1ccccc1CCO. The van der Waals surface area contributed by atoms with Gasteiger partial charge in [-0.15, -0.1) is 0 Å². The van der Waals surface area contributed by atoms with Gasteiger partial charge in [-0.25, -0.2) is 13.6 Å². The van der Waals surface area contributed by atoms with Crippen LogP contribution in [-0.2, 0) is 6.42 Å². The van der Waals surface area contributed by atoms with Crippen molar-refractivity contribution in [3.8, 4) is 0 Å². The fraction of sp³-hybridized carbons (Fsp3) is 0.133. The van der Waals surface area contributed by atoms with E-state index in [-0.39, 0.29) is 12.3 Å². The molecule has 3 N–H and O–H groups in total. The maximum absolute atomic E-state index is 13.4. The Morgan fingerprint density at radius 3 is 2.48 bits per heavy atom. The van der Waals surface area contributed by atoms with Crippen LogP contribution in [-0.4, -0.2) is 17.7 Å². The van der Waals surface area contributed by atoms with Gasteiger partial charge >= 0.3 is 6.03 Å². The first-order chi connectivity index (χ1) is 10.1. The molecular formula is C15H14F2N2O2. The lowest BCUT2D eigenvalue weighted by atomic mass is 10.1. The summed E-state index contributed by atoms with van der Waals surface area (Å²) in [5.41, 5.74) is 1.16.